The first-order valence-corrected chi connectivity index (χ1v) is 12.0. The van der Waals surface area contributed by atoms with Gasteiger partial charge < -0.3 is 0 Å². The number of benzene rings is 3. The van der Waals surface area contributed by atoms with Gasteiger partial charge >= 0.3 is 0 Å². The lowest BCUT2D eigenvalue weighted by Crippen LogP contribution is -2.36. The summed E-state index contributed by atoms with van der Waals surface area (Å²) < 4.78 is 25.5. The molecular weight excluding hydrogens is 472 g/mol. The Morgan fingerprint density at radius 2 is 1.62 bits per heavy atom. The largest absolute Gasteiger partial charge is 0.287 e. The Kier molecular flexibility index (Phi) is 5.42. The molecule has 1 aliphatic rings. The molecule has 1 unspecified atom stereocenters. The number of nitrogens with one attached hydrogen (secondary N) is 1. The standard InChI is InChI=1S/C22H18BrClN2O2S/c1-29(27,28)22-14-21(16-8-12-18(24)13-9-16)26(25-22)20-5-3-2-4-19(20)15-6-10-17(23)11-7-15/h2-14,21,25H,1H3. The van der Waals surface area contributed by atoms with Gasteiger partial charge in [-0.25, -0.2) is 8.42 Å². The second-order valence-corrected chi connectivity index (χ2v) is 10.1. The molecule has 0 aliphatic carbocycles. The van der Waals surface area contributed by atoms with Gasteiger partial charge in [-0.05, 0) is 47.5 Å². The normalized spacial score (nSPS) is 16.4. The van der Waals surface area contributed by atoms with Crippen molar-refractivity contribution in [2.24, 2.45) is 0 Å². The van der Waals surface area contributed by atoms with Crippen LogP contribution in [0.3, 0.4) is 0 Å². The maximum absolute atomic E-state index is 12.3. The summed E-state index contributed by atoms with van der Waals surface area (Å²) in [4.78, 5) is 0. The van der Waals surface area contributed by atoms with Gasteiger partial charge in [0.05, 0.1) is 11.7 Å². The van der Waals surface area contributed by atoms with Crippen LogP contribution in [-0.2, 0) is 9.84 Å². The molecule has 0 saturated heterocycles. The first-order chi connectivity index (χ1) is 13.8. The van der Waals surface area contributed by atoms with Gasteiger partial charge in [0.2, 0.25) is 0 Å². The highest BCUT2D eigenvalue weighted by Crippen LogP contribution is 2.39. The Labute approximate surface area is 183 Å². The van der Waals surface area contributed by atoms with E-state index in [9.17, 15) is 8.42 Å². The molecule has 1 heterocycles. The van der Waals surface area contributed by atoms with Crippen LogP contribution in [0.5, 0.6) is 0 Å². The number of rotatable bonds is 4. The number of nitrogens with zero attached hydrogens (tertiary/aromatic N) is 1. The average molecular weight is 490 g/mol. The molecular formula is C22H18BrClN2O2S. The van der Waals surface area contributed by atoms with Crippen LogP contribution in [0.2, 0.25) is 5.02 Å². The molecule has 3 aromatic rings. The topological polar surface area (TPSA) is 49.4 Å². The monoisotopic (exact) mass is 488 g/mol. The Morgan fingerprint density at radius 1 is 0.966 bits per heavy atom. The molecule has 0 bridgehead atoms. The third kappa shape index (κ3) is 4.20. The van der Waals surface area contributed by atoms with Crippen molar-refractivity contribution in [3.63, 3.8) is 0 Å². The van der Waals surface area contributed by atoms with E-state index >= 15 is 0 Å². The fourth-order valence-corrected chi connectivity index (χ4v) is 4.35. The molecule has 0 radical (unpaired) electrons. The Hall–Kier alpha value is -2.28. The summed E-state index contributed by atoms with van der Waals surface area (Å²) in [5, 5.41) is 2.70. The SMILES string of the molecule is CS(=O)(=O)C1=CC(c2ccc(Cl)cc2)N(c2ccccc2-c2ccc(Br)cc2)N1. The second-order valence-electron chi connectivity index (χ2n) is 6.81. The van der Waals surface area contributed by atoms with Crippen LogP contribution >= 0.6 is 27.5 Å². The number of para-hydroxylation sites is 1. The molecule has 0 spiro atoms. The van der Waals surface area contributed by atoms with Crippen LogP contribution in [0.4, 0.5) is 5.69 Å². The van der Waals surface area contributed by atoms with E-state index in [2.05, 4.69) is 21.4 Å². The molecule has 4 nitrogen and oxygen atoms in total. The van der Waals surface area contributed by atoms with E-state index in [1.165, 1.54) is 6.26 Å². The second kappa shape index (κ2) is 7.86. The zero-order chi connectivity index (χ0) is 20.6. The summed E-state index contributed by atoms with van der Waals surface area (Å²) >= 11 is 9.52. The first kappa shape index (κ1) is 20.0. The Morgan fingerprint density at radius 3 is 2.28 bits per heavy atom. The smallest absolute Gasteiger partial charge is 0.191 e. The van der Waals surface area contributed by atoms with Crippen molar-refractivity contribution in [1.82, 2.24) is 5.43 Å². The van der Waals surface area contributed by atoms with Gasteiger partial charge in [-0.2, -0.15) is 0 Å². The van der Waals surface area contributed by atoms with Crippen LogP contribution < -0.4 is 10.4 Å². The van der Waals surface area contributed by atoms with Crippen molar-refractivity contribution in [2.45, 2.75) is 6.04 Å². The lowest BCUT2D eigenvalue weighted by Gasteiger charge is -2.29. The van der Waals surface area contributed by atoms with E-state index < -0.39 is 9.84 Å². The molecule has 148 valence electrons. The van der Waals surface area contributed by atoms with E-state index in [-0.39, 0.29) is 11.1 Å². The van der Waals surface area contributed by atoms with Crippen molar-refractivity contribution >= 4 is 43.1 Å². The van der Waals surface area contributed by atoms with Crippen LogP contribution in [0, 0.1) is 0 Å². The van der Waals surface area contributed by atoms with E-state index in [0.29, 0.717) is 5.02 Å². The fourth-order valence-electron chi connectivity index (χ4n) is 3.32. The predicted molar refractivity (Wildman–Crippen MR) is 122 cm³/mol. The quantitative estimate of drug-likeness (QED) is 0.509. The van der Waals surface area contributed by atoms with E-state index in [1.807, 2.05) is 77.8 Å². The van der Waals surface area contributed by atoms with Crippen molar-refractivity contribution < 1.29 is 8.42 Å². The molecule has 1 atom stereocenters. The molecule has 0 fully saturated rings. The van der Waals surface area contributed by atoms with Crippen LogP contribution in [0.1, 0.15) is 11.6 Å². The predicted octanol–water partition coefficient (Wildman–Crippen LogP) is 5.72. The summed E-state index contributed by atoms with van der Waals surface area (Å²) in [6.45, 7) is 0. The first-order valence-electron chi connectivity index (χ1n) is 8.91. The summed E-state index contributed by atoms with van der Waals surface area (Å²) in [5.74, 6) is 0. The van der Waals surface area contributed by atoms with Gasteiger partial charge in [-0.1, -0.05) is 70.0 Å². The summed E-state index contributed by atoms with van der Waals surface area (Å²) in [6.07, 6.45) is 2.94. The lowest BCUT2D eigenvalue weighted by atomic mass is 10.0. The minimum atomic E-state index is -3.40. The summed E-state index contributed by atoms with van der Waals surface area (Å²) in [6, 6.07) is 23.1. The zero-order valence-electron chi connectivity index (χ0n) is 15.5. The average Bonchev–Trinajstić information content (AvgIpc) is 3.15. The third-order valence-electron chi connectivity index (χ3n) is 4.75. The number of anilines is 1. The number of hydrogen-bond acceptors (Lipinski definition) is 4. The molecule has 0 amide bonds. The highest BCUT2D eigenvalue weighted by molar-refractivity contribution is 9.10. The highest BCUT2D eigenvalue weighted by atomic mass is 79.9. The van der Waals surface area contributed by atoms with Gasteiger partial charge in [0.25, 0.3) is 0 Å². The number of sulfone groups is 1. The fraction of sp³-hybridized carbons (Fsp3) is 0.0909. The molecule has 4 rings (SSSR count). The summed E-state index contributed by atoms with van der Waals surface area (Å²) in [7, 11) is -3.40. The van der Waals surface area contributed by atoms with Gasteiger partial charge in [0, 0.05) is 21.3 Å². The lowest BCUT2D eigenvalue weighted by molar-refractivity contribution is 0.602. The highest BCUT2D eigenvalue weighted by Gasteiger charge is 2.31. The number of hydrazine groups is 1. The van der Waals surface area contributed by atoms with Gasteiger partial charge in [-0.3, -0.25) is 10.4 Å². The minimum Gasteiger partial charge on any atom is -0.287 e. The Bertz CT molecular complexity index is 1180. The molecule has 1 aliphatic heterocycles. The number of halogens is 2. The van der Waals surface area contributed by atoms with Crippen molar-refractivity contribution in [1.29, 1.82) is 0 Å². The molecule has 1 N–H and O–H groups in total. The van der Waals surface area contributed by atoms with Crippen molar-refractivity contribution in [3.05, 3.63) is 99.0 Å². The van der Waals surface area contributed by atoms with E-state index in [1.54, 1.807) is 6.08 Å². The third-order valence-corrected chi connectivity index (χ3v) is 6.55. The van der Waals surface area contributed by atoms with Crippen molar-refractivity contribution in [3.8, 4) is 11.1 Å². The molecule has 0 aromatic heterocycles. The maximum Gasteiger partial charge on any atom is 0.191 e. The Balaban J connectivity index is 1.83. The van der Waals surface area contributed by atoms with Crippen molar-refractivity contribution in [2.75, 3.05) is 11.3 Å². The van der Waals surface area contributed by atoms with Crippen LogP contribution in [-0.4, -0.2) is 14.7 Å². The summed E-state index contributed by atoms with van der Waals surface area (Å²) in [5.41, 5.74) is 6.94. The zero-order valence-corrected chi connectivity index (χ0v) is 18.7. The molecule has 29 heavy (non-hydrogen) atoms. The van der Waals surface area contributed by atoms with Crippen LogP contribution in [0.25, 0.3) is 11.1 Å². The van der Waals surface area contributed by atoms with Crippen LogP contribution in [0.15, 0.2) is 88.4 Å². The number of hydrogen-bond donors (Lipinski definition) is 1. The van der Waals surface area contributed by atoms with E-state index in [0.717, 1.165) is 26.9 Å². The molecule has 3 aromatic carbocycles. The van der Waals surface area contributed by atoms with Gasteiger partial charge in [-0.15, -0.1) is 0 Å². The molecule has 7 heteroatoms. The maximum atomic E-state index is 12.3. The van der Waals surface area contributed by atoms with Gasteiger partial charge in [0.1, 0.15) is 5.03 Å². The minimum absolute atomic E-state index is 0.183. The van der Waals surface area contributed by atoms with E-state index in [4.69, 9.17) is 11.6 Å². The van der Waals surface area contributed by atoms with Gasteiger partial charge in [0.15, 0.2) is 9.84 Å². The molecule has 0 saturated carbocycles.